The molecule has 1 saturated heterocycles. The average Bonchev–Trinajstić information content (AvgIpc) is 1.86. The lowest BCUT2D eigenvalue weighted by molar-refractivity contribution is 0.175. The van der Waals surface area contributed by atoms with Crippen molar-refractivity contribution in [3.8, 4) is 6.07 Å². The fourth-order valence-electron chi connectivity index (χ4n) is 0.781. The molecule has 1 aliphatic rings. The van der Waals surface area contributed by atoms with Crippen LogP contribution in [0, 0.1) is 17.2 Å². The van der Waals surface area contributed by atoms with Gasteiger partial charge in [-0.3, -0.25) is 0 Å². The van der Waals surface area contributed by atoms with Crippen LogP contribution in [0.15, 0.2) is 0 Å². The second-order valence-electron chi connectivity index (χ2n) is 2.05. The van der Waals surface area contributed by atoms with E-state index in [1.807, 2.05) is 20.9 Å². The first-order valence-corrected chi connectivity index (χ1v) is 3.41. The number of likely N-dealkylation sites (tertiary alicyclic amines) is 1. The first-order valence-electron chi connectivity index (χ1n) is 3.41. The molecule has 0 unspecified atom stereocenters. The Balaban J connectivity index is 0.000000291. The Morgan fingerprint density at radius 3 is 2.00 bits per heavy atom. The summed E-state index contributed by atoms with van der Waals surface area (Å²) in [5, 5.41) is 8.23. The third-order valence-corrected chi connectivity index (χ3v) is 1.25. The van der Waals surface area contributed by atoms with Crippen LogP contribution in [0.25, 0.3) is 0 Å². The molecule has 0 aliphatic carbocycles. The van der Waals surface area contributed by atoms with Crippen LogP contribution in [0.5, 0.6) is 0 Å². The van der Waals surface area contributed by atoms with Crippen LogP contribution in [0.2, 0.25) is 0 Å². The molecule has 0 bridgehead atoms. The van der Waals surface area contributed by atoms with Crippen molar-refractivity contribution in [1.29, 1.82) is 5.26 Å². The zero-order valence-electron chi connectivity index (χ0n) is 6.39. The number of nitrogens with zero attached hydrogens (tertiary/aromatic N) is 2. The molecule has 0 N–H and O–H groups in total. The smallest absolute Gasteiger partial charge is 0.0717 e. The molecule has 0 spiro atoms. The van der Waals surface area contributed by atoms with Gasteiger partial charge < -0.3 is 4.90 Å². The molecular weight excluding hydrogens is 112 g/mol. The highest BCUT2D eigenvalue weighted by Gasteiger charge is 2.21. The number of hydrogen-bond donors (Lipinski definition) is 0. The Bertz CT molecular complexity index is 98.0. The van der Waals surface area contributed by atoms with E-state index in [-0.39, 0.29) is 0 Å². The quantitative estimate of drug-likeness (QED) is 0.486. The molecule has 0 radical (unpaired) electrons. The van der Waals surface area contributed by atoms with Crippen LogP contribution in [-0.2, 0) is 0 Å². The summed E-state index contributed by atoms with van der Waals surface area (Å²) in [6.07, 6.45) is 0. The maximum absolute atomic E-state index is 8.23. The van der Waals surface area contributed by atoms with Crippen LogP contribution in [0.4, 0.5) is 0 Å². The van der Waals surface area contributed by atoms with E-state index in [2.05, 4.69) is 11.0 Å². The van der Waals surface area contributed by atoms with Crippen molar-refractivity contribution in [3.05, 3.63) is 0 Å². The van der Waals surface area contributed by atoms with Crippen molar-refractivity contribution < 1.29 is 0 Å². The Morgan fingerprint density at radius 1 is 1.44 bits per heavy atom. The Kier molecular flexibility index (Phi) is 4.08. The standard InChI is InChI=1S/C5H8N2.C2H6/c1-7-3-5(2-6)4-7;1-2/h5H,3-4H2,1H3;1-2H3. The van der Waals surface area contributed by atoms with E-state index in [4.69, 9.17) is 5.26 Å². The van der Waals surface area contributed by atoms with Gasteiger partial charge in [0.1, 0.15) is 0 Å². The second-order valence-corrected chi connectivity index (χ2v) is 2.05. The molecule has 0 saturated carbocycles. The molecule has 0 amide bonds. The lowest BCUT2D eigenvalue weighted by Crippen LogP contribution is -2.42. The zero-order chi connectivity index (χ0) is 7.28. The normalized spacial score (nSPS) is 18.9. The lowest BCUT2D eigenvalue weighted by atomic mass is 10.0. The summed E-state index contributed by atoms with van der Waals surface area (Å²) in [4.78, 5) is 2.13. The first kappa shape index (κ1) is 8.45. The summed E-state index contributed by atoms with van der Waals surface area (Å²) in [5.74, 6) is 0.324. The number of nitriles is 1. The fourth-order valence-corrected chi connectivity index (χ4v) is 0.781. The van der Waals surface area contributed by atoms with Crippen LogP contribution < -0.4 is 0 Å². The van der Waals surface area contributed by atoms with Crippen molar-refractivity contribution in [2.24, 2.45) is 5.92 Å². The molecule has 1 fully saturated rings. The van der Waals surface area contributed by atoms with E-state index < -0.39 is 0 Å². The van der Waals surface area contributed by atoms with Crippen LogP contribution >= 0.6 is 0 Å². The van der Waals surface area contributed by atoms with E-state index in [9.17, 15) is 0 Å². The van der Waals surface area contributed by atoms with E-state index in [0.717, 1.165) is 13.1 Å². The monoisotopic (exact) mass is 126 g/mol. The number of rotatable bonds is 0. The minimum absolute atomic E-state index is 0.324. The van der Waals surface area contributed by atoms with Crippen molar-refractivity contribution in [3.63, 3.8) is 0 Å². The summed E-state index contributed by atoms with van der Waals surface area (Å²) in [6.45, 7) is 5.94. The average molecular weight is 126 g/mol. The SMILES string of the molecule is CC.CN1CC(C#N)C1. The van der Waals surface area contributed by atoms with Gasteiger partial charge in [0.15, 0.2) is 0 Å². The van der Waals surface area contributed by atoms with Gasteiger partial charge in [0.2, 0.25) is 0 Å². The predicted molar refractivity (Wildman–Crippen MR) is 37.9 cm³/mol. The fraction of sp³-hybridized carbons (Fsp3) is 0.857. The zero-order valence-corrected chi connectivity index (χ0v) is 6.39. The molecule has 0 aromatic heterocycles. The van der Waals surface area contributed by atoms with E-state index in [0.29, 0.717) is 5.92 Å². The van der Waals surface area contributed by atoms with Gasteiger partial charge in [0.05, 0.1) is 12.0 Å². The van der Waals surface area contributed by atoms with Crippen molar-refractivity contribution in [2.75, 3.05) is 20.1 Å². The third kappa shape index (κ3) is 2.48. The van der Waals surface area contributed by atoms with Gasteiger partial charge >= 0.3 is 0 Å². The molecule has 1 aliphatic heterocycles. The second kappa shape index (κ2) is 4.34. The van der Waals surface area contributed by atoms with E-state index >= 15 is 0 Å². The van der Waals surface area contributed by atoms with Gasteiger partial charge in [-0.15, -0.1) is 0 Å². The third-order valence-electron chi connectivity index (χ3n) is 1.25. The first-order chi connectivity index (χ1) is 4.33. The molecular formula is C7H14N2. The van der Waals surface area contributed by atoms with Gasteiger partial charge in [-0.2, -0.15) is 5.26 Å². The number of hydrogen-bond acceptors (Lipinski definition) is 2. The predicted octanol–water partition coefficient (Wildman–Crippen LogP) is 1.10. The Morgan fingerprint density at radius 2 is 1.89 bits per heavy atom. The van der Waals surface area contributed by atoms with Gasteiger partial charge in [-0.25, -0.2) is 0 Å². The highest BCUT2D eigenvalue weighted by atomic mass is 15.2. The Labute approximate surface area is 57.1 Å². The molecule has 0 aromatic rings. The van der Waals surface area contributed by atoms with E-state index in [1.54, 1.807) is 0 Å². The van der Waals surface area contributed by atoms with Crippen molar-refractivity contribution >= 4 is 0 Å². The molecule has 2 nitrogen and oxygen atoms in total. The molecule has 1 heterocycles. The summed E-state index contributed by atoms with van der Waals surface area (Å²) in [7, 11) is 2.02. The maximum Gasteiger partial charge on any atom is 0.0717 e. The molecule has 2 heteroatoms. The molecule has 9 heavy (non-hydrogen) atoms. The van der Waals surface area contributed by atoms with Crippen molar-refractivity contribution in [1.82, 2.24) is 4.90 Å². The van der Waals surface area contributed by atoms with Crippen LogP contribution in [0.3, 0.4) is 0 Å². The Hall–Kier alpha value is -0.550. The van der Waals surface area contributed by atoms with Gasteiger partial charge in [0, 0.05) is 13.1 Å². The molecule has 1 rings (SSSR count). The molecule has 0 aromatic carbocycles. The minimum Gasteiger partial charge on any atom is -0.304 e. The summed E-state index contributed by atoms with van der Waals surface area (Å²) in [5.41, 5.74) is 0. The summed E-state index contributed by atoms with van der Waals surface area (Å²) < 4.78 is 0. The van der Waals surface area contributed by atoms with Gasteiger partial charge in [0.25, 0.3) is 0 Å². The molecule has 0 atom stereocenters. The van der Waals surface area contributed by atoms with E-state index in [1.165, 1.54) is 0 Å². The summed E-state index contributed by atoms with van der Waals surface area (Å²) >= 11 is 0. The highest BCUT2D eigenvalue weighted by molar-refractivity contribution is 4.93. The van der Waals surface area contributed by atoms with Crippen LogP contribution in [0.1, 0.15) is 13.8 Å². The maximum atomic E-state index is 8.23. The van der Waals surface area contributed by atoms with Crippen molar-refractivity contribution in [2.45, 2.75) is 13.8 Å². The van der Waals surface area contributed by atoms with Gasteiger partial charge in [-0.05, 0) is 7.05 Å². The molecule has 52 valence electrons. The summed E-state index contributed by atoms with van der Waals surface area (Å²) in [6, 6.07) is 2.19. The topological polar surface area (TPSA) is 27.0 Å². The largest absolute Gasteiger partial charge is 0.304 e. The lowest BCUT2D eigenvalue weighted by Gasteiger charge is -2.30. The minimum atomic E-state index is 0.324. The van der Waals surface area contributed by atoms with Gasteiger partial charge in [-0.1, -0.05) is 13.8 Å². The highest BCUT2D eigenvalue weighted by Crippen LogP contribution is 2.09. The van der Waals surface area contributed by atoms with Crippen LogP contribution in [-0.4, -0.2) is 25.0 Å².